The van der Waals surface area contributed by atoms with Crippen molar-refractivity contribution in [3.05, 3.63) is 93.0 Å². The van der Waals surface area contributed by atoms with Gasteiger partial charge in [0.1, 0.15) is 40.9 Å². The lowest BCUT2D eigenvalue weighted by Crippen LogP contribution is -2.49. The average molecular weight is 1080 g/mol. The van der Waals surface area contributed by atoms with E-state index >= 15 is 8.78 Å². The predicted octanol–water partition coefficient (Wildman–Crippen LogP) is 7.96. The Morgan fingerprint density at radius 2 is 1.57 bits per heavy atom. The third-order valence-corrected chi connectivity index (χ3v) is 15.8. The van der Waals surface area contributed by atoms with Crippen molar-refractivity contribution in [2.24, 2.45) is 17.6 Å². The number of aromatic nitrogens is 5. The SMILES string of the molecule is CC(C)[C@H](N)C(=O)N(c1nn(CC(F)(F)F)c2c(-c3ccc(C#CC(C)(C)S(C)(=O)=O)nc3[C@H](Cc3cc(F)cc(F)c3)NC(=O)Cn3nc(C(F)(F)F)c4c3C(F)(F)[C@@H]3CC[C@H]43)ccc(Cl)c12)S(C)(=O)=O. The molecule has 14 nitrogen and oxygen atoms in total. The summed E-state index contributed by atoms with van der Waals surface area (Å²) >= 11 is 6.65. The third-order valence-electron chi connectivity index (χ3n) is 12.5. The summed E-state index contributed by atoms with van der Waals surface area (Å²) in [6.07, 6.45) is -9.73. The monoisotopic (exact) mass is 1080 g/mol. The summed E-state index contributed by atoms with van der Waals surface area (Å²) in [7, 11) is -8.68. The molecule has 0 saturated heterocycles. The van der Waals surface area contributed by atoms with Crippen molar-refractivity contribution < 1.29 is 70.3 Å². The maximum atomic E-state index is 15.8. The molecule has 2 aliphatic carbocycles. The van der Waals surface area contributed by atoms with Gasteiger partial charge in [-0.25, -0.2) is 30.6 Å². The number of halogens is 11. The molecular weight excluding hydrogens is 1040 g/mol. The second-order valence-electron chi connectivity index (χ2n) is 18.5. The highest BCUT2D eigenvalue weighted by atomic mass is 35.5. The van der Waals surface area contributed by atoms with Gasteiger partial charge in [0.15, 0.2) is 21.3 Å². The number of nitrogens with zero attached hydrogens (tertiary/aromatic N) is 6. The van der Waals surface area contributed by atoms with Crippen molar-refractivity contribution in [1.82, 2.24) is 29.9 Å². The largest absolute Gasteiger partial charge is 0.435 e. The molecule has 388 valence electrons. The van der Waals surface area contributed by atoms with Crippen LogP contribution in [0.4, 0.5) is 49.7 Å². The second-order valence-corrected chi connectivity index (χ2v) is 23.3. The van der Waals surface area contributed by atoms with E-state index in [0.717, 1.165) is 36.6 Å². The first-order chi connectivity index (χ1) is 33.0. The van der Waals surface area contributed by atoms with E-state index < -0.39 is 160 Å². The van der Waals surface area contributed by atoms with Crippen LogP contribution in [0.5, 0.6) is 0 Å². The van der Waals surface area contributed by atoms with E-state index in [4.69, 9.17) is 17.3 Å². The van der Waals surface area contributed by atoms with Crippen LogP contribution in [0.3, 0.4) is 0 Å². The Balaban J connectivity index is 1.50. The number of sulfone groups is 1. The second kappa shape index (κ2) is 18.6. The predicted molar refractivity (Wildman–Crippen MR) is 243 cm³/mol. The number of rotatable bonds is 13. The fraction of sp³-hybridized carbons (Fsp3) is 0.444. The third kappa shape index (κ3) is 10.4. The number of amides is 2. The number of nitrogens with two attached hydrogens (primary N) is 1. The average Bonchev–Trinajstić information content (AvgIpc) is 3.80. The summed E-state index contributed by atoms with van der Waals surface area (Å²) in [6.45, 7) is 2.16. The summed E-state index contributed by atoms with van der Waals surface area (Å²) in [5, 5.41) is 8.81. The van der Waals surface area contributed by atoms with Gasteiger partial charge in [0.05, 0.1) is 40.0 Å². The summed E-state index contributed by atoms with van der Waals surface area (Å²) < 4.78 is 199. The number of hydrogen-bond donors (Lipinski definition) is 2. The number of fused-ring (bicyclic) bond motifs is 4. The van der Waals surface area contributed by atoms with Crippen molar-refractivity contribution in [1.29, 1.82) is 0 Å². The van der Waals surface area contributed by atoms with E-state index in [-0.39, 0.29) is 48.9 Å². The molecule has 0 radical (unpaired) electrons. The molecule has 72 heavy (non-hydrogen) atoms. The zero-order valence-corrected chi connectivity index (χ0v) is 41.0. The van der Waals surface area contributed by atoms with Gasteiger partial charge in [-0.2, -0.15) is 49.6 Å². The molecule has 5 aromatic rings. The van der Waals surface area contributed by atoms with Crippen LogP contribution in [0, 0.1) is 35.3 Å². The Hall–Kier alpha value is -5.78. The fourth-order valence-corrected chi connectivity index (χ4v) is 9.97. The van der Waals surface area contributed by atoms with Gasteiger partial charge in [-0.05, 0) is 86.8 Å². The lowest BCUT2D eigenvalue weighted by molar-refractivity contribution is -0.144. The lowest BCUT2D eigenvalue weighted by Gasteiger charge is -2.34. The van der Waals surface area contributed by atoms with Gasteiger partial charge in [-0.15, -0.1) is 0 Å². The maximum Gasteiger partial charge on any atom is 0.435 e. The molecule has 0 bridgehead atoms. The molecule has 2 aromatic carbocycles. The van der Waals surface area contributed by atoms with E-state index in [9.17, 15) is 61.5 Å². The first-order valence-electron chi connectivity index (χ1n) is 21.6. The molecule has 0 unspecified atom stereocenters. The summed E-state index contributed by atoms with van der Waals surface area (Å²) in [5.41, 5.74) is 0.302. The van der Waals surface area contributed by atoms with Crippen LogP contribution in [0.25, 0.3) is 22.0 Å². The molecule has 3 N–H and O–H groups in total. The van der Waals surface area contributed by atoms with Crippen LogP contribution in [-0.2, 0) is 61.1 Å². The molecular formula is C45H43ClF10N8O6S2. The Kier molecular flexibility index (Phi) is 14.0. The van der Waals surface area contributed by atoms with Crippen LogP contribution in [0.1, 0.15) is 86.4 Å². The van der Waals surface area contributed by atoms with Crippen LogP contribution in [0.2, 0.25) is 5.02 Å². The number of sulfonamides is 1. The van der Waals surface area contributed by atoms with Crippen LogP contribution < -0.4 is 15.4 Å². The minimum absolute atomic E-state index is 0.00897. The molecule has 0 aliphatic heterocycles. The molecule has 7 rings (SSSR count). The van der Waals surface area contributed by atoms with E-state index in [1.54, 1.807) is 0 Å². The minimum atomic E-state index is -5.23. The summed E-state index contributed by atoms with van der Waals surface area (Å²) in [4.78, 5) is 32.6. The van der Waals surface area contributed by atoms with Crippen molar-refractivity contribution in [3.63, 3.8) is 0 Å². The van der Waals surface area contributed by atoms with Crippen LogP contribution in [0.15, 0.2) is 42.5 Å². The number of benzene rings is 2. The van der Waals surface area contributed by atoms with Crippen molar-refractivity contribution in [2.75, 3.05) is 16.8 Å². The Labute approximate surface area is 410 Å². The zero-order valence-electron chi connectivity index (χ0n) is 38.6. The van der Waals surface area contributed by atoms with E-state index in [0.29, 0.717) is 12.3 Å². The number of pyridine rings is 1. The zero-order chi connectivity index (χ0) is 53.6. The van der Waals surface area contributed by atoms with Gasteiger partial charge >= 0.3 is 12.4 Å². The normalized spacial score (nSPS) is 17.7. The van der Waals surface area contributed by atoms with Crippen molar-refractivity contribution in [2.45, 2.75) is 101 Å². The minimum Gasteiger partial charge on any atom is -0.346 e. The molecule has 1 fully saturated rings. The molecule has 3 aromatic heterocycles. The molecule has 2 amide bonds. The number of anilines is 1. The van der Waals surface area contributed by atoms with Gasteiger partial charge in [0.25, 0.3) is 11.8 Å². The molecule has 1 saturated carbocycles. The standard InChI is InChI=1S/C45H43ClF10N8O6S2/c1-21(2)35(57)41(66)64(72(6,69)70)40-34-30(46)12-10-27(37(34)63(61-40)20-43(49,50)51)26-8-7-25(13-14-42(3,4)71(5,67)68)58-36(26)31(17-22-15-23(47)18-24(48)16-22)59-32(65)19-62-39-33(38(60-62)45(54,55)56)28-9-11-29(28)44(39,52)53/h7-8,10,12,15-16,18,21,28-29,31,35H,9,11,17,19-20,57H2,1-6H3,(H,59,65)/t28-,29+,31-,35-/m0/s1. The highest BCUT2D eigenvalue weighted by Gasteiger charge is 2.63. The summed E-state index contributed by atoms with van der Waals surface area (Å²) in [6, 6.07) is 3.31. The van der Waals surface area contributed by atoms with Gasteiger partial charge < -0.3 is 11.1 Å². The number of hydrogen-bond acceptors (Lipinski definition) is 10. The fourth-order valence-electron chi connectivity index (χ4n) is 8.61. The molecule has 3 heterocycles. The van der Waals surface area contributed by atoms with Crippen molar-refractivity contribution >= 4 is 60.0 Å². The summed E-state index contributed by atoms with van der Waals surface area (Å²) in [5.74, 6) is -8.00. The van der Waals surface area contributed by atoms with Gasteiger partial charge in [0.2, 0.25) is 15.9 Å². The molecule has 2 aliphatic rings. The van der Waals surface area contributed by atoms with Crippen LogP contribution >= 0.6 is 11.6 Å². The number of carbonyl (C=O) groups excluding carboxylic acids is 2. The Morgan fingerprint density at radius 1 is 0.944 bits per heavy atom. The first-order valence-corrected chi connectivity index (χ1v) is 25.7. The van der Waals surface area contributed by atoms with Gasteiger partial charge in [-0.1, -0.05) is 37.4 Å². The molecule has 0 spiro atoms. The van der Waals surface area contributed by atoms with Gasteiger partial charge in [0, 0.05) is 34.9 Å². The van der Waals surface area contributed by atoms with E-state index in [1.165, 1.54) is 33.8 Å². The first kappa shape index (κ1) is 54.0. The molecule has 27 heteroatoms. The van der Waals surface area contributed by atoms with Crippen LogP contribution in [-0.4, -0.2) is 82.7 Å². The number of nitrogens with one attached hydrogen (secondary N) is 1. The smallest absolute Gasteiger partial charge is 0.346 e. The quantitative estimate of drug-likeness (QED) is 0.0864. The topological polar surface area (TPSA) is 192 Å². The number of alkyl halides is 8. The highest BCUT2D eigenvalue weighted by Crippen LogP contribution is 2.64. The van der Waals surface area contributed by atoms with E-state index in [2.05, 4.69) is 32.3 Å². The maximum absolute atomic E-state index is 15.8. The Bertz CT molecular complexity index is 3310. The highest BCUT2D eigenvalue weighted by molar-refractivity contribution is 7.93. The lowest BCUT2D eigenvalue weighted by atomic mass is 9.73. The van der Waals surface area contributed by atoms with Crippen molar-refractivity contribution in [3.8, 4) is 23.0 Å². The Morgan fingerprint density at radius 3 is 2.11 bits per heavy atom. The molecule has 4 atom stereocenters. The number of carbonyl (C=O) groups is 2. The van der Waals surface area contributed by atoms with E-state index in [1.807, 2.05) is 0 Å². The van der Waals surface area contributed by atoms with Gasteiger partial charge in [-0.3, -0.25) is 19.0 Å².